The van der Waals surface area contributed by atoms with Crippen molar-refractivity contribution in [1.82, 2.24) is 0 Å². The Morgan fingerprint density at radius 1 is 0.793 bits per heavy atom. The predicted molar refractivity (Wildman–Crippen MR) is 120 cm³/mol. The predicted octanol–water partition coefficient (Wildman–Crippen LogP) is 6.73. The molecule has 0 aliphatic carbocycles. The Bertz CT molecular complexity index is 523. The van der Waals surface area contributed by atoms with E-state index in [4.69, 9.17) is 0 Å². The molecule has 0 saturated heterocycles. The summed E-state index contributed by atoms with van der Waals surface area (Å²) in [4.78, 5) is 11.6. The Hall–Kier alpha value is -1.51. The van der Waals surface area contributed by atoms with Crippen LogP contribution < -0.4 is 5.11 Å². The van der Waals surface area contributed by atoms with Gasteiger partial charge in [0.15, 0.2) is 0 Å². The van der Waals surface area contributed by atoms with E-state index in [1.165, 1.54) is 77.0 Å². The van der Waals surface area contributed by atoms with Crippen LogP contribution in [0.15, 0.2) is 24.3 Å². The van der Waals surface area contributed by atoms with Gasteiger partial charge in [-0.1, -0.05) is 116 Å². The van der Waals surface area contributed by atoms with Gasteiger partial charge in [0, 0.05) is 11.9 Å². The molecule has 0 heterocycles. The number of aromatic hydroxyl groups is 1. The number of unbranched alkanes of at least 4 members (excludes halogenated alkanes) is 13. The molecule has 29 heavy (non-hydrogen) atoms. The molecule has 3 heteroatoms. The number of carboxylic acid groups (broad SMARTS) is 1. The van der Waals surface area contributed by atoms with Crippen LogP contribution in [0.1, 0.15) is 122 Å². The smallest absolute Gasteiger partial charge is 0.115 e. The van der Waals surface area contributed by atoms with Gasteiger partial charge in [0.05, 0.1) is 0 Å². The highest BCUT2D eigenvalue weighted by Crippen LogP contribution is 2.29. The van der Waals surface area contributed by atoms with Crippen LogP contribution in [-0.2, 0) is 4.79 Å². The van der Waals surface area contributed by atoms with E-state index in [9.17, 15) is 15.0 Å². The Labute approximate surface area is 178 Å². The minimum Gasteiger partial charge on any atom is -0.550 e. The van der Waals surface area contributed by atoms with Crippen LogP contribution >= 0.6 is 0 Å². The molecule has 1 aromatic carbocycles. The van der Waals surface area contributed by atoms with E-state index < -0.39 is 11.9 Å². The normalized spacial score (nSPS) is 13.3. The Morgan fingerprint density at radius 2 is 1.21 bits per heavy atom. The van der Waals surface area contributed by atoms with Crippen LogP contribution in [0.4, 0.5) is 0 Å². The number of phenolic OH excluding ortho intramolecular Hbond substituents is 1. The lowest BCUT2D eigenvalue weighted by Crippen LogP contribution is -2.34. The molecule has 0 amide bonds. The number of aliphatic carboxylic acids is 1. The van der Waals surface area contributed by atoms with Crippen molar-refractivity contribution in [3.05, 3.63) is 29.8 Å². The maximum absolute atomic E-state index is 11.6. The lowest BCUT2D eigenvalue weighted by atomic mass is 9.84. The van der Waals surface area contributed by atoms with Crippen molar-refractivity contribution in [2.24, 2.45) is 5.92 Å². The first-order chi connectivity index (χ1) is 14.1. The number of carboxylic acids is 1. The zero-order valence-electron chi connectivity index (χ0n) is 18.8. The molecule has 0 aromatic heterocycles. The average molecular weight is 404 g/mol. The first-order valence-corrected chi connectivity index (χ1v) is 12.1. The summed E-state index contributed by atoms with van der Waals surface area (Å²) >= 11 is 0. The van der Waals surface area contributed by atoms with Gasteiger partial charge in [-0.05, 0) is 30.0 Å². The van der Waals surface area contributed by atoms with Crippen LogP contribution in [-0.4, -0.2) is 11.1 Å². The van der Waals surface area contributed by atoms with E-state index in [-0.39, 0.29) is 11.7 Å². The third-order valence-electron chi connectivity index (χ3n) is 6.19. The molecular formula is C26H43O3-. The highest BCUT2D eigenvalue weighted by atomic mass is 16.4. The number of hydrogen-bond donors (Lipinski definition) is 1. The third-order valence-corrected chi connectivity index (χ3v) is 6.19. The summed E-state index contributed by atoms with van der Waals surface area (Å²) in [6.45, 7) is 4.21. The molecule has 0 aliphatic rings. The topological polar surface area (TPSA) is 60.4 Å². The van der Waals surface area contributed by atoms with Crippen LogP contribution in [0.5, 0.6) is 5.75 Å². The molecule has 3 nitrogen and oxygen atoms in total. The van der Waals surface area contributed by atoms with Gasteiger partial charge in [-0.3, -0.25) is 0 Å². The van der Waals surface area contributed by atoms with Crippen LogP contribution in [0.2, 0.25) is 0 Å². The minimum absolute atomic E-state index is 0.0948. The van der Waals surface area contributed by atoms with Crippen LogP contribution in [0, 0.1) is 5.92 Å². The molecule has 0 saturated carbocycles. The van der Waals surface area contributed by atoms with E-state index in [1.807, 2.05) is 6.92 Å². The lowest BCUT2D eigenvalue weighted by molar-refractivity contribution is -0.312. The monoisotopic (exact) mass is 403 g/mol. The van der Waals surface area contributed by atoms with E-state index in [1.54, 1.807) is 24.3 Å². The number of hydrogen-bond acceptors (Lipinski definition) is 3. The minimum atomic E-state index is -0.958. The zero-order valence-corrected chi connectivity index (χ0v) is 18.8. The second-order valence-electron chi connectivity index (χ2n) is 8.69. The maximum atomic E-state index is 11.6. The van der Waals surface area contributed by atoms with E-state index in [2.05, 4.69) is 6.92 Å². The second kappa shape index (κ2) is 16.3. The van der Waals surface area contributed by atoms with Gasteiger partial charge < -0.3 is 15.0 Å². The van der Waals surface area contributed by atoms with Crippen molar-refractivity contribution < 1.29 is 15.0 Å². The largest absolute Gasteiger partial charge is 0.550 e. The molecular weight excluding hydrogens is 360 g/mol. The zero-order chi connectivity index (χ0) is 21.3. The fraction of sp³-hybridized carbons (Fsp3) is 0.731. The van der Waals surface area contributed by atoms with Crippen LogP contribution in [0.25, 0.3) is 0 Å². The molecule has 0 spiro atoms. The number of carbonyl (C=O) groups is 1. The quantitative estimate of drug-likeness (QED) is 0.276. The molecule has 0 fully saturated rings. The summed E-state index contributed by atoms with van der Waals surface area (Å²) in [5.74, 6) is -1.31. The van der Waals surface area contributed by atoms with Crippen molar-refractivity contribution in [3.63, 3.8) is 0 Å². The number of carbonyl (C=O) groups excluding carboxylic acids is 1. The SMILES string of the molecule is CCCCCCCCCCCCCCCCC(C(=O)[O-])C(C)c1ccc(O)cc1. The fourth-order valence-corrected chi connectivity index (χ4v) is 4.14. The highest BCUT2D eigenvalue weighted by molar-refractivity contribution is 5.69. The lowest BCUT2D eigenvalue weighted by Gasteiger charge is -2.25. The van der Waals surface area contributed by atoms with Gasteiger partial charge >= 0.3 is 0 Å². The fourth-order valence-electron chi connectivity index (χ4n) is 4.14. The molecule has 2 unspecified atom stereocenters. The molecule has 0 radical (unpaired) electrons. The summed E-state index contributed by atoms with van der Waals surface area (Å²) < 4.78 is 0. The number of phenols is 1. The molecule has 0 bridgehead atoms. The Kier molecular flexibility index (Phi) is 14.4. The standard InChI is InChI=1S/C26H44O3/c1-3-4-5-6-7-8-9-10-11-12-13-14-15-16-17-25(26(28)29)22(2)23-18-20-24(27)21-19-23/h18-22,25,27H,3-17H2,1-2H3,(H,28,29)/p-1. The molecule has 1 aromatic rings. The number of rotatable bonds is 18. The summed E-state index contributed by atoms with van der Waals surface area (Å²) in [5.41, 5.74) is 0.947. The van der Waals surface area contributed by atoms with Crippen molar-refractivity contribution in [1.29, 1.82) is 0 Å². The van der Waals surface area contributed by atoms with Gasteiger partial charge in [0.2, 0.25) is 0 Å². The average Bonchev–Trinajstić information content (AvgIpc) is 2.71. The van der Waals surface area contributed by atoms with Crippen molar-refractivity contribution in [3.8, 4) is 5.75 Å². The summed E-state index contributed by atoms with van der Waals surface area (Å²) in [7, 11) is 0. The Balaban J connectivity index is 2.06. The summed E-state index contributed by atoms with van der Waals surface area (Å²) in [5, 5.41) is 21.0. The van der Waals surface area contributed by atoms with Gasteiger partial charge in [-0.25, -0.2) is 0 Å². The molecule has 1 N–H and O–H groups in total. The van der Waals surface area contributed by atoms with Crippen molar-refractivity contribution in [2.45, 2.75) is 116 Å². The van der Waals surface area contributed by atoms with E-state index in [0.717, 1.165) is 18.4 Å². The third kappa shape index (κ3) is 11.9. The maximum Gasteiger partial charge on any atom is 0.115 e. The van der Waals surface area contributed by atoms with Gasteiger partial charge in [-0.2, -0.15) is 0 Å². The van der Waals surface area contributed by atoms with Gasteiger partial charge in [0.1, 0.15) is 5.75 Å². The molecule has 166 valence electrons. The van der Waals surface area contributed by atoms with E-state index in [0.29, 0.717) is 6.42 Å². The van der Waals surface area contributed by atoms with Gasteiger partial charge in [-0.15, -0.1) is 0 Å². The first-order valence-electron chi connectivity index (χ1n) is 12.1. The number of benzene rings is 1. The highest BCUT2D eigenvalue weighted by Gasteiger charge is 2.19. The summed E-state index contributed by atoms with van der Waals surface area (Å²) in [6, 6.07) is 6.84. The summed E-state index contributed by atoms with van der Waals surface area (Å²) in [6.07, 6.45) is 18.9. The van der Waals surface area contributed by atoms with Crippen molar-refractivity contribution in [2.75, 3.05) is 0 Å². The molecule has 0 aliphatic heterocycles. The Morgan fingerprint density at radius 3 is 1.62 bits per heavy atom. The van der Waals surface area contributed by atoms with Crippen molar-refractivity contribution >= 4 is 5.97 Å². The van der Waals surface area contributed by atoms with Gasteiger partial charge in [0.25, 0.3) is 0 Å². The van der Waals surface area contributed by atoms with Crippen LogP contribution in [0.3, 0.4) is 0 Å². The molecule has 1 rings (SSSR count). The first kappa shape index (κ1) is 25.5. The van der Waals surface area contributed by atoms with E-state index >= 15 is 0 Å². The second-order valence-corrected chi connectivity index (χ2v) is 8.69. The molecule has 2 atom stereocenters.